The Morgan fingerprint density at radius 2 is 1.69 bits per heavy atom. The third-order valence-corrected chi connectivity index (χ3v) is 5.75. The Kier molecular flexibility index (Phi) is 8.71. The van der Waals surface area contributed by atoms with Crippen molar-refractivity contribution < 1.29 is 14.3 Å². The Morgan fingerprint density at radius 3 is 2.38 bits per heavy atom. The molecule has 0 bridgehead atoms. The summed E-state index contributed by atoms with van der Waals surface area (Å²) in [6.07, 6.45) is 0.381. The van der Waals surface area contributed by atoms with Gasteiger partial charge in [-0.25, -0.2) is 0 Å². The van der Waals surface area contributed by atoms with Crippen LogP contribution >= 0.6 is 27.5 Å². The van der Waals surface area contributed by atoms with E-state index >= 15 is 0 Å². The molecule has 7 heteroatoms. The summed E-state index contributed by atoms with van der Waals surface area (Å²) in [5, 5.41) is 3.12. The molecule has 0 aliphatic heterocycles. The molecule has 3 rings (SSSR count). The van der Waals surface area contributed by atoms with Crippen LogP contribution in [0.3, 0.4) is 0 Å². The number of hydrogen-bond donors (Lipinski definition) is 1. The van der Waals surface area contributed by atoms with Crippen molar-refractivity contribution in [3.8, 4) is 5.75 Å². The Bertz CT molecular complexity index is 1060. The van der Waals surface area contributed by atoms with Gasteiger partial charge in [0.05, 0.1) is 5.02 Å². The van der Waals surface area contributed by atoms with Gasteiger partial charge in [0.1, 0.15) is 11.8 Å². The number of para-hydroxylation sites is 1. The molecule has 0 aromatic heterocycles. The molecular formula is C25H24BrClN2O3. The van der Waals surface area contributed by atoms with E-state index in [1.165, 1.54) is 0 Å². The van der Waals surface area contributed by atoms with Gasteiger partial charge in [-0.3, -0.25) is 9.59 Å². The van der Waals surface area contributed by atoms with Gasteiger partial charge < -0.3 is 15.0 Å². The van der Waals surface area contributed by atoms with Gasteiger partial charge in [-0.1, -0.05) is 82.1 Å². The lowest BCUT2D eigenvalue weighted by Gasteiger charge is -2.31. The zero-order valence-electron chi connectivity index (χ0n) is 17.6. The van der Waals surface area contributed by atoms with Gasteiger partial charge in [0.15, 0.2) is 6.61 Å². The molecule has 3 aromatic carbocycles. The average molecular weight is 516 g/mol. The predicted octanol–water partition coefficient (Wildman–Crippen LogP) is 4.87. The van der Waals surface area contributed by atoms with E-state index < -0.39 is 6.04 Å². The molecule has 0 unspecified atom stereocenters. The standard InChI is InChI=1S/C25H24BrClN2O3/c1-28-25(31)22(15-18-8-3-2-4-9-18)29(16-19-10-7-11-20(26)14-19)24(30)17-32-23-13-6-5-12-21(23)27/h2-14,22H,15-17H2,1H3,(H,28,31)/t22-/m0/s1. The van der Waals surface area contributed by atoms with Crippen LogP contribution in [0.1, 0.15) is 11.1 Å². The summed E-state index contributed by atoms with van der Waals surface area (Å²) >= 11 is 9.63. The van der Waals surface area contributed by atoms with Crippen molar-refractivity contribution >= 4 is 39.3 Å². The second-order valence-corrected chi connectivity index (χ2v) is 8.51. The largest absolute Gasteiger partial charge is 0.482 e. The molecule has 0 heterocycles. The minimum Gasteiger partial charge on any atom is -0.482 e. The Labute approximate surface area is 201 Å². The van der Waals surface area contributed by atoms with E-state index in [4.69, 9.17) is 16.3 Å². The first-order valence-electron chi connectivity index (χ1n) is 10.1. The van der Waals surface area contributed by atoms with Crippen LogP contribution in [-0.4, -0.2) is 36.4 Å². The summed E-state index contributed by atoms with van der Waals surface area (Å²) in [7, 11) is 1.57. The number of halogens is 2. The number of carbonyl (C=O) groups is 2. The molecule has 0 aliphatic rings. The first-order chi connectivity index (χ1) is 15.5. The highest BCUT2D eigenvalue weighted by Crippen LogP contribution is 2.24. The zero-order chi connectivity index (χ0) is 22.9. The Balaban J connectivity index is 1.88. The highest BCUT2D eigenvalue weighted by atomic mass is 79.9. The van der Waals surface area contributed by atoms with Gasteiger partial charge in [0.25, 0.3) is 5.91 Å². The number of amides is 2. The normalized spacial score (nSPS) is 11.5. The fourth-order valence-electron chi connectivity index (χ4n) is 3.34. The average Bonchev–Trinajstić information content (AvgIpc) is 2.81. The number of ether oxygens (including phenoxy) is 1. The lowest BCUT2D eigenvalue weighted by Crippen LogP contribution is -2.51. The number of benzene rings is 3. The smallest absolute Gasteiger partial charge is 0.261 e. The van der Waals surface area contributed by atoms with E-state index in [1.54, 1.807) is 36.2 Å². The van der Waals surface area contributed by atoms with Gasteiger partial charge in [-0.2, -0.15) is 0 Å². The summed E-state index contributed by atoms with van der Waals surface area (Å²) in [6.45, 7) is 0.0229. The van der Waals surface area contributed by atoms with E-state index in [0.29, 0.717) is 17.2 Å². The summed E-state index contributed by atoms with van der Waals surface area (Å²) in [6, 6.07) is 23.6. The van der Waals surface area contributed by atoms with Crippen LogP contribution in [0.2, 0.25) is 5.02 Å². The topological polar surface area (TPSA) is 58.6 Å². The van der Waals surface area contributed by atoms with Crippen molar-refractivity contribution in [2.75, 3.05) is 13.7 Å². The van der Waals surface area contributed by atoms with E-state index in [9.17, 15) is 9.59 Å². The third-order valence-electron chi connectivity index (χ3n) is 4.95. The molecule has 2 amide bonds. The number of carbonyl (C=O) groups excluding carboxylic acids is 2. The van der Waals surface area contributed by atoms with Crippen molar-refractivity contribution in [2.24, 2.45) is 0 Å². The monoisotopic (exact) mass is 514 g/mol. The van der Waals surface area contributed by atoms with Crippen molar-refractivity contribution in [3.63, 3.8) is 0 Å². The van der Waals surface area contributed by atoms with E-state index in [1.807, 2.05) is 54.6 Å². The molecule has 0 radical (unpaired) electrons. The highest BCUT2D eigenvalue weighted by Gasteiger charge is 2.30. The van der Waals surface area contributed by atoms with E-state index in [2.05, 4.69) is 21.2 Å². The van der Waals surface area contributed by atoms with Gasteiger partial charge in [0, 0.05) is 24.5 Å². The van der Waals surface area contributed by atoms with Crippen LogP contribution < -0.4 is 10.1 Å². The van der Waals surface area contributed by atoms with Crippen molar-refractivity contribution in [1.82, 2.24) is 10.2 Å². The van der Waals surface area contributed by atoms with Gasteiger partial charge in [0.2, 0.25) is 5.91 Å². The second kappa shape index (κ2) is 11.7. The first-order valence-corrected chi connectivity index (χ1v) is 11.3. The maximum atomic E-state index is 13.3. The fraction of sp³-hybridized carbons (Fsp3) is 0.200. The molecule has 32 heavy (non-hydrogen) atoms. The maximum Gasteiger partial charge on any atom is 0.261 e. The summed E-state index contributed by atoms with van der Waals surface area (Å²) in [4.78, 5) is 27.8. The maximum absolute atomic E-state index is 13.3. The molecule has 1 N–H and O–H groups in total. The van der Waals surface area contributed by atoms with Crippen LogP contribution in [0.5, 0.6) is 5.75 Å². The second-order valence-electron chi connectivity index (χ2n) is 7.19. The number of likely N-dealkylation sites (N-methyl/N-ethyl adjacent to an activating group) is 1. The molecule has 0 spiro atoms. The molecule has 0 fully saturated rings. The van der Waals surface area contributed by atoms with Crippen LogP contribution in [-0.2, 0) is 22.6 Å². The van der Waals surface area contributed by atoms with E-state index in [-0.39, 0.29) is 25.0 Å². The van der Waals surface area contributed by atoms with Crippen molar-refractivity contribution in [1.29, 1.82) is 0 Å². The number of nitrogens with zero attached hydrogens (tertiary/aromatic N) is 1. The molecule has 1 atom stereocenters. The minimum absolute atomic E-state index is 0.236. The number of rotatable bonds is 9. The Morgan fingerprint density at radius 1 is 1.00 bits per heavy atom. The molecule has 5 nitrogen and oxygen atoms in total. The van der Waals surface area contributed by atoms with Crippen LogP contribution in [0.15, 0.2) is 83.3 Å². The molecule has 166 valence electrons. The third kappa shape index (κ3) is 6.58. The van der Waals surface area contributed by atoms with E-state index in [0.717, 1.165) is 15.6 Å². The number of nitrogens with one attached hydrogen (secondary N) is 1. The minimum atomic E-state index is -0.705. The Hall–Kier alpha value is -2.83. The van der Waals surface area contributed by atoms with Gasteiger partial charge >= 0.3 is 0 Å². The molecule has 0 saturated carbocycles. The molecule has 3 aromatic rings. The zero-order valence-corrected chi connectivity index (χ0v) is 20.0. The molecular weight excluding hydrogens is 492 g/mol. The van der Waals surface area contributed by atoms with Crippen LogP contribution in [0, 0.1) is 0 Å². The van der Waals surface area contributed by atoms with Crippen molar-refractivity contribution in [3.05, 3.63) is 99.5 Å². The first kappa shape index (κ1) is 23.8. The van der Waals surface area contributed by atoms with Crippen molar-refractivity contribution in [2.45, 2.75) is 19.0 Å². The molecule has 0 aliphatic carbocycles. The highest BCUT2D eigenvalue weighted by molar-refractivity contribution is 9.10. The lowest BCUT2D eigenvalue weighted by atomic mass is 10.0. The lowest BCUT2D eigenvalue weighted by molar-refractivity contribution is -0.142. The van der Waals surface area contributed by atoms with Crippen LogP contribution in [0.4, 0.5) is 0 Å². The van der Waals surface area contributed by atoms with Crippen LogP contribution in [0.25, 0.3) is 0 Å². The van der Waals surface area contributed by atoms with Gasteiger partial charge in [-0.05, 0) is 35.4 Å². The quantitative estimate of drug-likeness (QED) is 0.442. The van der Waals surface area contributed by atoms with Gasteiger partial charge in [-0.15, -0.1) is 0 Å². The SMILES string of the molecule is CNC(=O)[C@H](Cc1ccccc1)N(Cc1cccc(Br)c1)C(=O)COc1ccccc1Cl. The fourth-order valence-corrected chi connectivity index (χ4v) is 3.97. The summed E-state index contributed by atoms with van der Waals surface area (Å²) in [5.74, 6) is -0.131. The molecule has 0 saturated heterocycles. The number of hydrogen-bond acceptors (Lipinski definition) is 3. The summed E-state index contributed by atoms with van der Waals surface area (Å²) in [5.41, 5.74) is 1.85. The summed E-state index contributed by atoms with van der Waals surface area (Å²) < 4.78 is 6.59. The predicted molar refractivity (Wildman–Crippen MR) is 130 cm³/mol.